The molecule has 7 heteroatoms. The van der Waals surface area contributed by atoms with E-state index in [0.717, 1.165) is 31.2 Å². The van der Waals surface area contributed by atoms with Crippen LogP contribution in [0.25, 0.3) is 0 Å². The van der Waals surface area contributed by atoms with E-state index in [2.05, 4.69) is 17.9 Å². The Balaban J connectivity index is 2.04. The molecule has 0 aromatic heterocycles. The van der Waals surface area contributed by atoms with Gasteiger partial charge >= 0.3 is 5.97 Å². The Hall–Kier alpha value is -2.02. The molecule has 0 saturated carbocycles. The highest BCUT2D eigenvalue weighted by atomic mass is 32.1. The lowest BCUT2D eigenvalue weighted by atomic mass is 10.0. The number of nitrogens with zero attached hydrogens (tertiary/aromatic N) is 1. The molecule has 2 N–H and O–H groups in total. The van der Waals surface area contributed by atoms with E-state index in [-0.39, 0.29) is 24.4 Å². The monoisotopic (exact) mass is 392 g/mol. The molecule has 0 spiro atoms. The number of thiol groups is 1. The van der Waals surface area contributed by atoms with E-state index in [0.29, 0.717) is 12.8 Å². The van der Waals surface area contributed by atoms with Gasteiger partial charge in [0.25, 0.3) is 0 Å². The van der Waals surface area contributed by atoms with Crippen molar-refractivity contribution in [3.63, 3.8) is 0 Å². The third-order valence-electron chi connectivity index (χ3n) is 4.87. The van der Waals surface area contributed by atoms with E-state index in [4.69, 9.17) is 0 Å². The Morgan fingerprint density at radius 1 is 1.30 bits per heavy atom. The number of carbonyl (C=O) groups excluding carboxylic acids is 2. The highest BCUT2D eigenvalue weighted by molar-refractivity contribution is 7.81. The number of hydrogen-bond donors (Lipinski definition) is 3. The predicted molar refractivity (Wildman–Crippen MR) is 107 cm³/mol. The lowest BCUT2D eigenvalue weighted by molar-refractivity contribution is -0.147. The van der Waals surface area contributed by atoms with Gasteiger partial charge in [-0.2, -0.15) is 12.6 Å². The lowest BCUT2D eigenvalue weighted by Crippen LogP contribution is -2.52. The van der Waals surface area contributed by atoms with Gasteiger partial charge in [0.15, 0.2) is 0 Å². The maximum absolute atomic E-state index is 12.9. The minimum Gasteiger partial charge on any atom is -0.480 e. The van der Waals surface area contributed by atoms with Gasteiger partial charge in [-0.1, -0.05) is 43.7 Å². The molecule has 6 nitrogen and oxygen atoms in total. The van der Waals surface area contributed by atoms with Gasteiger partial charge in [-0.3, -0.25) is 14.4 Å². The van der Waals surface area contributed by atoms with Crippen LogP contribution in [0.3, 0.4) is 0 Å². The summed E-state index contributed by atoms with van der Waals surface area (Å²) in [4.78, 5) is 38.1. The Labute approximate surface area is 165 Å². The Morgan fingerprint density at radius 2 is 2.00 bits per heavy atom. The largest absolute Gasteiger partial charge is 0.480 e. The highest BCUT2D eigenvalue weighted by Crippen LogP contribution is 2.22. The Kier molecular flexibility index (Phi) is 8.16. The van der Waals surface area contributed by atoms with E-state index in [1.807, 2.05) is 37.3 Å². The summed E-state index contributed by atoms with van der Waals surface area (Å²) >= 11 is 4.39. The van der Waals surface area contributed by atoms with Gasteiger partial charge < -0.3 is 15.3 Å². The third kappa shape index (κ3) is 6.27. The summed E-state index contributed by atoms with van der Waals surface area (Å²) in [5.74, 6) is -1.64. The van der Waals surface area contributed by atoms with Crippen LogP contribution in [0.1, 0.15) is 44.6 Å². The van der Waals surface area contributed by atoms with Crippen LogP contribution in [0.4, 0.5) is 0 Å². The molecule has 1 heterocycles. The van der Waals surface area contributed by atoms with Crippen LogP contribution in [-0.2, 0) is 20.8 Å². The van der Waals surface area contributed by atoms with Gasteiger partial charge in [-0.05, 0) is 37.7 Å². The van der Waals surface area contributed by atoms with Crippen LogP contribution in [0.2, 0.25) is 0 Å². The van der Waals surface area contributed by atoms with Crippen molar-refractivity contribution in [2.24, 2.45) is 0 Å². The van der Waals surface area contributed by atoms with E-state index in [1.165, 1.54) is 4.90 Å². The van der Waals surface area contributed by atoms with Gasteiger partial charge in [0, 0.05) is 6.04 Å². The fourth-order valence-electron chi connectivity index (χ4n) is 3.54. The van der Waals surface area contributed by atoms with Crippen LogP contribution in [0.5, 0.6) is 0 Å². The zero-order valence-electron chi connectivity index (χ0n) is 15.6. The molecule has 0 radical (unpaired) electrons. The first-order chi connectivity index (χ1) is 12.9. The van der Waals surface area contributed by atoms with Gasteiger partial charge in [-0.25, -0.2) is 0 Å². The van der Waals surface area contributed by atoms with Crippen molar-refractivity contribution in [1.29, 1.82) is 0 Å². The smallest absolute Gasteiger partial charge is 0.323 e. The topological polar surface area (TPSA) is 86.7 Å². The lowest BCUT2D eigenvalue weighted by Gasteiger charge is -2.30. The SMILES string of the molecule is CCCC1CCCC(NC(=O)C(S)Cc2ccccc2)C(=O)N1CC(=O)O. The second-order valence-electron chi connectivity index (χ2n) is 7.00. The first-order valence-corrected chi connectivity index (χ1v) is 9.98. The Morgan fingerprint density at radius 3 is 2.63 bits per heavy atom. The predicted octanol–water partition coefficient (Wildman–Crippen LogP) is 2.28. The summed E-state index contributed by atoms with van der Waals surface area (Å²) in [6.45, 7) is 1.69. The molecular weight excluding hydrogens is 364 g/mol. The molecule has 27 heavy (non-hydrogen) atoms. The summed E-state index contributed by atoms with van der Waals surface area (Å²) in [5.41, 5.74) is 0.996. The first-order valence-electron chi connectivity index (χ1n) is 9.47. The second kappa shape index (κ2) is 10.3. The summed E-state index contributed by atoms with van der Waals surface area (Å²) in [6.07, 6.45) is 4.16. The molecule has 1 saturated heterocycles. The molecule has 1 aromatic rings. The number of carboxylic acids is 1. The quantitative estimate of drug-likeness (QED) is 0.593. The molecule has 1 fully saturated rings. The van der Waals surface area contributed by atoms with Crippen molar-refractivity contribution in [2.45, 2.75) is 62.8 Å². The van der Waals surface area contributed by atoms with Crippen LogP contribution in [0, 0.1) is 0 Å². The van der Waals surface area contributed by atoms with Crippen molar-refractivity contribution >= 4 is 30.4 Å². The molecule has 1 aliphatic rings. The van der Waals surface area contributed by atoms with Gasteiger partial charge in [-0.15, -0.1) is 0 Å². The van der Waals surface area contributed by atoms with Crippen LogP contribution < -0.4 is 5.32 Å². The fraction of sp³-hybridized carbons (Fsp3) is 0.550. The number of benzene rings is 1. The van der Waals surface area contributed by atoms with E-state index >= 15 is 0 Å². The van der Waals surface area contributed by atoms with Gasteiger partial charge in [0.2, 0.25) is 11.8 Å². The van der Waals surface area contributed by atoms with Crippen molar-refractivity contribution in [1.82, 2.24) is 10.2 Å². The van der Waals surface area contributed by atoms with Crippen LogP contribution in [-0.4, -0.2) is 51.7 Å². The second-order valence-corrected chi connectivity index (χ2v) is 7.62. The number of likely N-dealkylation sites (tertiary alicyclic amines) is 1. The summed E-state index contributed by atoms with van der Waals surface area (Å²) in [5, 5.41) is 11.4. The molecule has 1 aliphatic heterocycles. The number of hydrogen-bond acceptors (Lipinski definition) is 4. The molecule has 3 unspecified atom stereocenters. The fourth-order valence-corrected chi connectivity index (χ4v) is 3.82. The average Bonchev–Trinajstić information content (AvgIpc) is 2.77. The van der Waals surface area contributed by atoms with E-state index < -0.39 is 17.3 Å². The molecule has 2 amide bonds. The Bertz CT molecular complexity index is 653. The molecule has 2 rings (SSSR count). The molecule has 148 valence electrons. The molecule has 0 aliphatic carbocycles. The third-order valence-corrected chi connectivity index (χ3v) is 5.29. The standard InChI is InChI=1S/C20H28N2O4S/c1-2-7-15-10-6-11-16(20(26)22(15)13-18(23)24)21-19(25)17(27)12-14-8-4-3-5-9-14/h3-5,8-9,15-17,27H,2,6-7,10-13H2,1H3,(H,21,25)(H,23,24). The zero-order chi connectivity index (χ0) is 19.8. The van der Waals surface area contributed by atoms with Gasteiger partial charge in [0.05, 0.1) is 5.25 Å². The molecule has 3 atom stereocenters. The molecule has 0 bridgehead atoms. The molecule has 1 aromatic carbocycles. The number of amides is 2. The van der Waals surface area contributed by atoms with Crippen molar-refractivity contribution < 1.29 is 19.5 Å². The normalized spacial score (nSPS) is 21.4. The summed E-state index contributed by atoms with van der Waals surface area (Å²) < 4.78 is 0. The number of carbonyl (C=O) groups is 3. The zero-order valence-corrected chi connectivity index (χ0v) is 16.5. The maximum Gasteiger partial charge on any atom is 0.323 e. The summed E-state index contributed by atoms with van der Waals surface area (Å²) in [6, 6.07) is 8.79. The number of aliphatic carboxylic acids is 1. The summed E-state index contributed by atoms with van der Waals surface area (Å²) in [7, 11) is 0. The van der Waals surface area contributed by atoms with E-state index in [1.54, 1.807) is 0 Å². The van der Waals surface area contributed by atoms with Crippen molar-refractivity contribution in [3.8, 4) is 0 Å². The number of nitrogens with one attached hydrogen (secondary N) is 1. The minimum atomic E-state index is -1.03. The van der Waals surface area contributed by atoms with Crippen molar-refractivity contribution in [2.75, 3.05) is 6.54 Å². The van der Waals surface area contributed by atoms with Crippen LogP contribution in [0.15, 0.2) is 30.3 Å². The first kappa shape index (κ1) is 21.3. The van der Waals surface area contributed by atoms with E-state index in [9.17, 15) is 19.5 Å². The average molecular weight is 393 g/mol. The highest BCUT2D eigenvalue weighted by Gasteiger charge is 2.35. The van der Waals surface area contributed by atoms with Gasteiger partial charge in [0.1, 0.15) is 12.6 Å². The number of rotatable bonds is 8. The minimum absolute atomic E-state index is 0.0865. The number of carboxylic acid groups (broad SMARTS) is 1. The van der Waals surface area contributed by atoms with Crippen LogP contribution >= 0.6 is 12.6 Å². The maximum atomic E-state index is 12.9. The molecular formula is C20H28N2O4S. The van der Waals surface area contributed by atoms with Crippen molar-refractivity contribution in [3.05, 3.63) is 35.9 Å².